The summed E-state index contributed by atoms with van der Waals surface area (Å²) in [6, 6.07) is 1.80. The third-order valence-electron chi connectivity index (χ3n) is 5.65. The molecule has 4 rings (SSSR count). The molecule has 37 heavy (non-hydrogen) atoms. The molecule has 3 aromatic rings. The standard InChI is InChI=1S/C21H21ClF5N5O4S/c1-9(2)14-29-32(16(34)12-4-10-5-13(22)37-18(10)31(12)14)17(36-19(35)21(25,26)27)15(33)28-11-6-20(23,24)8-30(3)7-11/h4-5,9,11,17H,6-8H2,1-3H3,(H,28,33). The van der Waals surface area contributed by atoms with Gasteiger partial charge in [-0.05, 0) is 19.2 Å². The van der Waals surface area contributed by atoms with Gasteiger partial charge in [0.15, 0.2) is 0 Å². The molecule has 2 unspecified atom stereocenters. The number of amides is 1. The fraction of sp³-hybridized carbons (Fsp3) is 0.524. The Labute approximate surface area is 214 Å². The number of carbonyl (C=O) groups is 2. The summed E-state index contributed by atoms with van der Waals surface area (Å²) < 4.78 is 73.9. The molecule has 1 amide bonds. The Morgan fingerprint density at radius 2 is 1.97 bits per heavy atom. The summed E-state index contributed by atoms with van der Waals surface area (Å²) in [7, 11) is 1.38. The molecular weight excluding hydrogens is 549 g/mol. The Morgan fingerprint density at radius 1 is 1.30 bits per heavy atom. The second-order valence-corrected chi connectivity index (χ2v) is 10.8. The van der Waals surface area contributed by atoms with Crippen LogP contribution in [0.5, 0.6) is 0 Å². The molecule has 1 saturated heterocycles. The molecule has 3 aromatic heterocycles. The monoisotopic (exact) mass is 569 g/mol. The van der Waals surface area contributed by atoms with E-state index >= 15 is 0 Å². The molecular formula is C21H21ClF5N5O4S. The van der Waals surface area contributed by atoms with Crippen LogP contribution in [0.3, 0.4) is 0 Å². The molecule has 1 aliphatic heterocycles. The van der Waals surface area contributed by atoms with Gasteiger partial charge in [0.1, 0.15) is 16.2 Å². The average molecular weight is 570 g/mol. The smallest absolute Gasteiger partial charge is 0.423 e. The summed E-state index contributed by atoms with van der Waals surface area (Å²) in [5.41, 5.74) is -1.09. The molecule has 0 aliphatic carbocycles. The number of nitrogens with one attached hydrogen (secondary N) is 1. The van der Waals surface area contributed by atoms with Crippen molar-refractivity contribution in [2.45, 2.75) is 50.6 Å². The van der Waals surface area contributed by atoms with E-state index < -0.39 is 60.7 Å². The van der Waals surface area contributed by atoms with Gasteiger partial charge in [-0.3, -0.25) is 18.9 Å². The van der Waals surface area contributed by atoms with Crippen LogP contribution in [-0.2, 0) is 14.3 Å². The molecule has 0 radical (unpaired) electrons. The average Bonchev–Trinajstić information content (AvgIpc) is 3.26. The van der Waals surface area contributed by atoms with Crippen molar-refractivity contribution in [1.82, 2.24) is 24.4 Å². The van der Waals surface area contributed by atoms with Gasteiger partial charge in [0.05, 0.1) is 10.9 Å². The van der Waals surface area contributed by atoms with E-state index in [9.17, 15) is 36.3 Å². The number of piperidine rings is 1. The molecule has 1 aliphatic rings. The fourth-order valence-electron chi connectivity index (χ4n) is 4.28. The molecule has 16 heteroatoms. The van der Waals surface area contributed by atoms with Gasteiger partial charge in [0.2, 0.25) is 0 Å². The largest absolute Gasteiger partial charge is 0.491 e. The first kappa shape index (κ1) is 27.3. The van der Waals surface area contributed by atoms with Crippen molar-refractivity contribution < 1.29 is 36.3 Å². The highest BCUT2D eigenvalue weighted by Gasteiger charge is 2.46. The van der Waals surface area contributed by atoms with Crippen LogP contribution >= 0.6 is 22.9 Å². The molecule has 1 N–H and O–H groups in total. The number of aromatic nitrogens is 3. The van der Waals surface area contributed by atoms with E-state index in [0.717, 1.165) is 11.3 Å². The first-order valence-corrected chi connectivity index (χ1v) is 12.1. The molecule has 0 bridgehead atoms. The van der Waals surface area contributed by atoms with E-state index in [1.54, 1.807) is 19.9 Å². The zero-order valence-corrected chi connectivity index (χ0v) is 21.2. The van der Waals surface area contributed by atoms with Crippen LogP contribution in [0, 0.1) is 0 Å². The number of alkyl halides is 5. The molecule has 0 saturated carbocycles. The maximum atomic E-state index is 14.0. The maximum Gasteiger partial charge on any atom is 0.491 e. The number of ether oxygens (including phenoxy) is 1. The van der Waals surface area contributed by atoms with Gasteiger partial charge in [0, 0.05) is 30.3 Å². The lowest BCUT2D eigenvalue weighted by Gasteiger charge is -2.36. The van der Waals surface area contributed by atoms with Gasteiger partial charge in [-0.25, -0.2) is 13.6 Å². The van der Waals surface area contributed by atoms with Gasteiger partial charge < -0.3 is 10.1 Å². The van der Waals surface area contributed by atoms with E-state index in [0.29, 0.717) is 19.2 Å². The molecule has 0 spiro atoms. The molecule has 1 fully saturated rings. The highest BCUT2D eigenvalue weighted by atomic mass is 35.5. The number of likely N-dealkylation sites (tertiary alicyclic amines) is 1. The number of thiophene rings is 1. The third-order valence-corrected chi connectivity index (χ3v) is 6.92. The van der Waals surface area contributed by atoms with Crippen molar-refractivity contribution in [2.75, 3.05) is 20.1 Å². The number of likely N-dealkylation sites (N-methyl/N-ethyl adjacent to an activating group) is 1. The molecule has 2 atom stereocenters. The normalized spacial score (nSPS) is 19.5. The number of fused-ring (bicyclic) bond motifs is 3. The van der Waals surface area contributed by atoms with Crippen molar-refractivity contribution in [3.8, 4) is 0 Å². The number of carbonyl (C=O) groups excluding carboxylic acids is 2. The Balaban J connectivity index is 1.82. The summed E-state index contributed by atoms with van der Waals surface area (Å²) in [5.74, 6) is -7.59. The quantitative estimate of drug-likeness (QED) is 0.373. The topological polar surface area (TPSA) is 97.9 Å². The zero-order chi connectivity index (χ0) is 27.4. The first-order chi connectivity index (χ1) is 17.1. The van der Waals surface area contributed by atoms with Gasteiger partial charge in [-0.2, -0.15) is 23.0 Å². The van der Waals surface area contributed by atoms with Crippen molar-refractivity contribution in [3.05, 3.63) is 32.6 Å². The molecule has 9 nitrogen and oxygen atoms in total. The van der Waals surface area contributed by atoms with E-state index in [2.05, 4.69) is 15.2 Å². The Kier molecular flexibility index (Phi) is 7.01. The van der Waals surface area contributed by atoms with Crippen LogP contribution in [0.4, 0.5) is 22.0 Å². The van der Waals surface area contributed by atoms with Crippen molar-refractivity contribution in [2.24, 2.45) is 0 Å². The zero-order valence-electron chi connectivity index (χ0n) is 19.6. The SMILES string of the molecule is CC(C)c1nn(C(OC(=O)C(F)(F)F)C(=O)NC2CN(C)CC(F)(F)C2)c(=O)c2cc3cc(Cl)sc3n12. The highest BCUT2D eigenvalue weighted by molar-refractivity contribution is 7.22. The van der Waals surface area contributed by atoms with Crippen LogP contribution in [0.15, 0.2) is 16.9 Å². The Morgan fingerprint density at radius 3 is 2.57 bits per heavy atom. The lowest BCUT2D eigenvalue weighted by molar-refractivity contribution is -0.210. The fourth-order valence-corrected chi connectivity index (χ4v) is 5.50. The summed E-state index contributed by atoms with van der Waals surface area (Å²) in [6.07, 6.45) is -8.81. The van der Waals surface area contributed by atoms with Crippen LogP contribution < -0.4 is 10.9 Å². The number of rotatable bonds is 5. The van der Waals surface area contributed by atoms with Gasteiger partial charge >= 0.3 is 12.1 Å². The summed E-state index contributed by atoms with van der Waals surface area (Å²) in [6.45, 7) is 2.76. The lowest BCUT2D eigenvalue weighted by atomic mass is 10.0. The third kappa shape index (κ3) is 5.43. The van der Waals surface area contributed by atoms with Gasteiger partial charge in [-0.15, -0.1) is 11.3 Å². The maximum absolute atomic E-state index is 14.0. The number of nitrogens with zero attached hydrogens (tertiary/aromatic N) is 4. The van der Waals surface area contributed by atoms with Crippen molar-refractivity contribution in [3.63, 3.8) is 0 Å². The minimum absolute atomic E-state index is 0.0460. The van der Waals surface area contributed by atoms with Crippen LogP contribution in [0.1, 0.15) is 38.2 Å². The van der Waals surface area contributed by atoms with Crippen LogP contribution in [0.25, 0.3) is 15.7 Å². The number of esters is 1. The minimum atomic E-state index is -5.50. The number of hydrogen-bond acceptors (Lipinski definition) is 7. The highest BCUT2D eigenvalue weighted by Crippen LogP contribution is 2.33. The van der Waals surface area contributed by atoms with Crippen molar-refractivity contribution in [1.29, 1.82) is 0 Å². The predicted octanol–water partition coefficient (Wildman–Crippen LogP) is 3.55. The van der Waals surface area contributed by atoms with Crippen LogP contribution in [-0.4, -0.2) is 69.2 Å². The minimum Gasteiger partial charge on any atom is -0.423 e. The predicted molar refractivity (Wildman–Crippen MR) is 124 cm³/mol. The van der Waals surface area contributed by atoms with E-state index in [-0.39, 0.29) is 17.9 Å². The lowest BCUT2D eigenvalue weighted by Crippen LogP contribution is -2.55. The van der Waals surface area contributed by atoms with E-state index in [1.165, 1.54) is 22.4 Å². The van der Waals surface area contributed by atoms with E-state index in [4.69, 9.17) is 11.6 Å². The number of halogens is 6. The summed E-state index contributed by atoms with van der Waals surface area (Å²) in [5, 5.41) is 6.83. The van der Waals surface area contributed by atoms with E-state index in [1.807, 2.05) is 0 Å². The van der Waals surface area contributed by atoms with Gasteiger partial charge in [-0.1, -0.05) is 25.4 Å². The Bertz CT molecular complexity index is 1430. The van der Waals surface area contributed by atoms with Crippen LogP contribution in [0.2, 0.25) is 4.34 Å². The summed E-state index contributed by atoms with van der Waals surface area (Å²) in [4.78, 5) is 39.9. The first-order valence-electron chi connectivity index (χ1n) is 10.9. The van der Waals surface area contributed by atoms with Crippen molar-refractivity contribution >= 4 is 50.5 Å². The van der Waals surface area contributed by atoms with Gasteiger partial charge in [0.25, 0.3) is 23.6 Å². The Hall–Kier alpha value is -2.78. The summed E-state index contributed by atoms with van der Waals surface area (Å²) >= 11 is 7.21. The molecule has 202 valence electrons. The molecule has 0 aromatic carbocycles. The molecule has 4 heterocycles. The number of hydrogen-bond donors (Lipinski definition) is 1. The second kappa shape index (κ2) is 9.51. The second-order valence-electron chi connectivity index (χ2n) is 9.16.